The lowest BCUT2D eigenvalue weighted by molar-refractivity contribution is -0.910. The molecule has 5 nitrogen and oxygen atoms in total. The molecular formula is C27H40NO4S2+. The van der Waals surface area contributed by atoms with Crippen molar-refractivity contribution in [3.63, 3.8) is 0 Å². The summed E-state index contributed by atoms with van der Waals surface area (Å²) < 4.78 is 1.32. The van der Waals surface area contributed by atoms with Crippen LogP contribution in [0.1, 0.15) is 80.0 Å². The van der Waals surface area contributed by atoms with Crippen LogP contribution in [0.2, 0.25) is 0 Å². The van der Waals surface area contributed by atoms with E-state index in [1.807, 2.05) is 0 Å². The number of quaternary nitrogens is 1. The van der Waals surface area contributed by atoms with Crippen LogP contribution < -0.4 is 0 Å². The van der Waals surface area contributed by atoms with Crippen molar-refractivity contribution in [1.29, 1.82) is 0 Å². The summed E-state index contributed by atoms with van der Waals surface area (Å²) in [4.78, 5) is 23.4. The number of carbonyl (C=O) groups is 2. The van der Waals surface area contributed by atoms with Crippen molar-refractivity contribution in [3.8, 4) is 0 Å². The molecule has 188 valence electrons. The third-order valence-corrected chi connectivity index (χ3v) is 8.09. The Hall–Kier alpha value is -1.96. The average Bonchev–Trinajstić information content (AvgIpc) is 2.84. The monoisotopic (exact) mass is 506 g/mol. The topological polar surface area (TPSA) is 74.6 Å². The molecule has 0 unspecified atom stereocenters. The molecule has 0 fully saturated rings. The third-order valence-electron chi connectivity index (χ3n) is 5.61. The second-order valence-electron chi connectivity index (χ2n) is 8.62. The molecule has 0 aliphatic carbocycles. The van der Waals surface area contributed by atoms with Crippen LogP contribution in [0.15, 0.2) is 58.3 Å². The molecule has 2 aromatic rings. The zero-order valence-corrected chi connectivity index (χ0v) is 22.6. The molecule has 0 saturated heterocycles. The minimum absolute atomic E-state index is 0.206. The molecule has 0 saturated carbocycles. The van der Waals surface area contributed by atoms with Gasteiger partial charge in [0.05, 0.1) is 37.8 Å². The zero-order chi connectivity index (χ0) is 25.4. The third kappa shape index (κ3) is 11.0. The minimum Gasteiger partial charge on any atom is -0.478 e. The van der Waals surface area contributed by atoms with Crippen LogP contribution in [-0.4, -0.2) is 53.3 Å². The predicted octanol–water partition coefficient (Wildman–Crippen LogP) is 7.72. The van der Waals surface area contributed by atoms with Gasteiger partial charge in [-0.25, -0.2) is 9.59 Å². The molecule has 0 aliphatic heterocycles. The molecule has 0 aliphatic rings. The molecular weight excluding hydrogens is 466 g/mol. The Morgan fingerprint density at radius 3 is 1.29 bits per heavy atom. The lowest BCUT2D eigenvalue weighted by atomic mass is 10.2. The number of unbranched alkanes of at least 4 members (excludes halogenated alkanes) is 3. The first kappa shape index (κ1) is 30.1. The Kier molecular flexibility index (Phi) is 14.7. The molecule has 2 rings (SSSR count). The van der Waals surface area contributed by atoms with Gasteiger partial charge in [0.1, 0.15) is 0 Å². The Labute approximate surface area is 212 Å². The van der Waals surface area contributed by atoms with E-state index in [0.717, 1.165) is 0 Å². The average molecular weight is 507 g/mol. The van der Waals surface area contributed by atoms with Crippen molar-refractivity contribution in [3.05, 3.63) is 59.7 Å². The highest BCUT2D eigenvalue weighted by atomic mass is 33.1. The second kappa shape index (κ2) is 16.6. The number of carboxylic acids is 2. The fourth-order valence-electron chi connectivity index (χ4n) is 3.48. The highest BCUT2D eigenvalue weighted by Crippen LogP contribution is 2.40. The first-order chi connectivity index (χ1) is 16.3. The van der Waals surface area contributed by atoms with E-state index in [0.29, 0.717) is 9.79 Å². The van der Waals surface area contributed by atoms with Crippen molar-refractivity contribution in [2.45, 2.75) is 69.1 Å². The van der Waals surface area contributed by atoms with Crippen molar-refractivity contribution in [2.75, 3.05) is 26.7 Å². The van der Waals surface area contributed by atoms with Crippen LogP contribution in [0.4, 0.5) is 0 Å². The van der Waals surface area contributed by atoms with Crippen molar-refractivity contribution < 1.29 is 24.3 Å². The largest absolute Gasteiger partial charge is 0.478 e. The fourth-order valence-corrected chi connectivity index (χ4v) is 5.83. The number of aromatic carboxylic acids is 2. The number of nitrogens with zero attached hydrogens (tertiary/aromatic N) is 1. The van der Waals surface area contributed by atoms with Gasteiger partial charge < -0.3 is 14.7 Å². The molecule has 34 heavy (non-hydrogen) atoms. The van der Waals surface area contributed by atoms with Crippen LogP contribution in [0.3, 0.4) is 0 Å². The molecule has 0 aromatic heterocycles. The Bertz CT molecular complexity index is 809. The van der Waals surface area contributed by atoms with Gasteiger partial charge in [-0.15, -0.1) is 0 Å². The van der Waals surface area contributed by atoms with E-state index in [-0.39, 0.29) is 11.1 Å². The molecule has 2 N–H and O–H groups in total. The molecule has 0 heterocycles. The van der Waals surface area contributed by atoms with Gasteiger partial charge in [-0.05, 0) is 43.5 Å². The summed E-state index contributed by atoms with van der Waals surface area (Å²) in [5, 5.41) is 18.2. The second-order valence-corrected chi connectivity index (χ2v) is 10.8. The number of benzene rings is 2. The molecule has 0 bridgehead atoms. The van der Waals surface area contributed by atoms with Crippen molar-refractivity contribution in [1.82, 2.24) is 0 Å². The fraction of sp³-hybridized carbons (Fsp3) is 0.481. The summed E-state index contributed by atoms with van der Waals surface area (Å²) in [5.74, 6) is -2.00. The van der Waals surface area contributed by atoms with E-state index in [9.17, 15) is 9.59 Å². The van der Waals surface area contributed by atoms with E-state index in [2.05, 4.69) is 27.8 Å². The summed E-state index contributed by atoms with van der Waals surface area (Å²) in [6, 6.07) is 13.3. The van der Waals surface area contributed by atoms with Crippen molar-refractivity contribution >= 4 is 33.5 Å². The predicted molar refractivity (Wildman–Crippen MR) is 144 cm³/mol. The number of rotatable bonds is 14. The van der Waals surface area contributed by atoms with E-state index < -0.39 is 11.9 Å². The lowest BCUT2D eigenvalue weighted by Crippen LogP contribution is -2.46. The molecule has 0 spiro atoms. The minimum atomic E-state index is -1.000. The maximum Gasteiger partial charge on any atom is 0.336 e. The summed E-state index contributed by atoms with van der Waals surface area (Å²) in [7, 11) is 4.91. The van der Waals surface area contributed by atoms with E-state index >= 15 is 0 Å². The molecule has 0 radical (unpaired) electrons. The van der Waals surface area contributed by atoms with Gasteiger partial charge in [0.25, 0.3) is 0 Å². The number of hydrogen-bond donors (Lipinski definition) is 2. The zero-order valence-electron chi connectivity index (χ0n) is 21.0. The number of hydrogen-bond acceptors (Lipinski definition) is 4. The van der Waals surface area contributed by atoms with E-state index in [1.165, 1.54) is 96.4 Å². The van der Waals surface area contributed by atoms with Crippen LogP contribution in [0.25, 0.3) is 0 Å². The van der Waals surface area contributed by atoms with Crippen LogP contribution in [0.5, 0.6) is 0 Å². The van der Waals surface area contributed by atoms with E-state index in [1.54, 1.807) is 36.4 Å². The molecule has 0 amide bonds. The maximum atomic E-state index is 11.1. The SMILES string of the molecule is CCCC[N+](C)(CCCC)CCCC.O=C(O)c1ccccc1SSc1ccccc1C(=O)O. The van der Waals surface area contributed by atoms with E-state index in [4.69, 9.17) is 10.2 Å². The van der Waals surface area contributed by atoms with Gasteiger partial charge in [0.15, 0.2) is 0 Å². The van der Waals surface area contributed by atoms with Gasteiger partial charge in [-0.2, -0.15) is 0 Å². The number of carboxylic acid groups (broad SMARTS) is 2. The molecule has 2 aromatic carbocycles. The quantitative estimate of drug-likeness (QED) is 0.202. The Morgan fingerprint density at radius 2 is 1.00 bits per heavy atom. The first-order valence-electron chi connectivity index (χ1n) is 12.1. The Morgan fingerprint density at radius 1 is 0.676 bits per heavy atom. The lowest BCUT2D eigenvalue weighted by Gasteiger charge is -2.34. The van der Waals surface area contributed by atoms with Crippen molar-refractivity contribution in [2.24, 2.45) is 0 Å². The summed E-state index contributed by atoms with van der Waals surface area (Å²) in [6.45, 7) is 11.0. The standard InChI is InChI=1S/C14H10O4S2.C13H30N/c15-13(16)9-5-1-3-7-11(9)19-20-12-8-4-2-6-10(12)14(17)18;1-5-8-11-14(4,12-9-6-2)13-10-7-3/h1-8H,(H,15,16)(H,17,18);5-13H2,1-4H3/q;+1. The van der Waals surface area contributed by atoms with Crippen LogP contribution in [0, 0.1) is 0 Å². The molecule has 7 heteroatoms. The normalized spacial score (nSPS) is 10.9. The Balaban J connectivity index is 0.000000365. The molecule has 0 atom stereocenters. The first-order valence-corrected chi connectivity index (χ1v) is 14.3. The highest BCUT2D eigenvalue weighted by molar-refractivity contribution is 8.76. The summed E-state index contributed by atoms with van der Waals surface area (Å²) >= 11 is 0. The summed E-state index contributed by atoms with van der Waals surface area (Å²) in [6.07, 6.45) is 8.20. The van der Waals surface area contributed by atoms with Gasteiger partial charge in [-0.1, -0.05) is 85.9 Å². The van der Waals surface area contributed by atoms with Crippen LogP contribution >= 0.6 is 21.6 Å². The van der Waals surface area contributed by atoms with Gasteiger partial charge in [-0.3, -0.25) is 0 Å². The summed E-state index contributed by atoms with van der Waals surface area (Å²) in [5.41, 5.74) is 0.413. The smallest absolute Gasteiger partial charge is 0.336 e. The van der Waals surface area contributed by atoms with Crippen LogP contribution in [-0.2, 0) is 0 Å². The van der Waals surface area contributed by atoms with Gasteiger partial charge >= 0.3 is 11.9 Å². The maximum absolute atomic E-state index is 11.1. The highest BCUT2D eigenvalue weighted by Gasteiger charge is 2.19. The van der Waals surface area contributed by atoms with Gasteiger partial charge in [0, 0.05) is 9.79 Å². The van der Waals surface area contributed by atoms with Gasteiger partial charge in [0.2, 0.25) is 0 Å².